The summed E-state index contributed by atoms with van der Waals surface area (Å²) in [6, 6.07) is 4.55. The minimum absolute atomic E-state index is 0.436. The second-order valence-electron chi connectivity index (χ2n) is 4.29. The van der Waals surface area contributed by atoms with E-state index in [0.29, 0.717) is 12.6 Å². The van der Waals surface area contributed by atoms with Crippen molar-refractivity contribution in [3.63, 3.8) is 0 Å². The van der Waals surface area contributed by atoms with Gasteiger partial charge in [0.1, 0.15) is 0 Å². The summed E-state index contributed by atoms with van der Waals surface area (Å²) in [5.74, 6) is 0. The molecule has 5 heteroatoms. The van der Waals surface area contributed by atoms with Gasteiger partial charge in [-0.05, 0) is 36.5 Å². The molecule has 1 fully saturated rings. The summed E-state index contributed by atoms with van der Waals surface area (Å²) in [5.41, 5.74) is 9.58. The second-order valence-corrected chi connectivity index (χ2v) is 4.29. The first-order valence-electron chi connectivity index (χ1n) is 6.06. The molecule has 0 amide bonds. The number of aromatic nitrogens is 1. The van der Waals surface area contributed by atoms with Crippen molar-refractivity contribution in [2.75, 3.05) is 19.6 Å². The first kappa shape index (κ1) is 11.9. The van der Waals surface area contributed by atoms with Gasteiger partial charge in [0.25, 0.3) is 0 Å². The maximum absolute atomic E-state index is 8.31. The summed E-state index contributed by atoms with van der Waals surface area (Å²) < 4.78 is 0. The van der Waals surface area contributed by atoms with Crippen molar-refractivity contribution in [1.82, 2.24) is 9.88 Å². The quantitative estimate of drug-likeness (QED) is 0.454. The number of likely N-dealkylation sites (tertiary alicyclic amines) is 1. The predicted molar refractivity (Wildman–Crippen MR) is 66.4 cm³/mol. The minimum Gasteiger partial charge on any atom is -0.296 e. The summed E-state index contributed by atoms with van der Waals surface area (Å²) in [4.78, 5) is 9.38. The van der Waals surface area contributed by atoms with Crippen LogP contribution in [-0.2, 0) is 0 Å². The summed E-state index contributed by atoms with van der Waals surface area (Å²) in [5, 5.41) is 3.62. The lowest BCUT2D eigenvalue weighted by Crippen LogP contribution is -2.35. The van der Waals surface area contributed by atoms with Gasteiger partial charge in [0.15, 0.2) is 0 Å². The molecule has 0 spiro atoms. The molecule has 1 saturated heterocycles. The van der Waals surface area contributed by atoms with E-state index in [1.54, 1.807) is 6.20 Å². The highest BCUT2D eigenvalue weighted by Crippen LogP contribution is 2.29. The molecule has 90 valence electrons. The summed E-state index contributed by atoms with van der Waals surface area (Å²) in [7, 11) is 0. The van der Waals surface area contributed by atoms with E-state index in [4.69, 9.17) is 5.53 Å². The van der Waals surface area contributed by atoms with Gasteiger partial charge in [-0.1, -0.05) is 17.6 Å². The SMILES string of the molecule is [N-]=[N+]=NCCN1CCCC[C@H]1c1cccnc1. The third-order valence-corrected chi connectivity index (χ3v) is 3.23. The van der Waals surface area contributed by atoms with E-state index in [2.05, 4.69) is 26.0 Å². The van der Waals surface area contributed by atoms with E-state index < -0.39 is 0 Å². The molecule has 0 radical (unpaired) electrons. The van der Waals surface area contributed by atoms with Gasteiger partial charge in [-0.25, -0.2) is 0 Å². The highest BCUT2D eigenvalue weighted by atomic mass is 15.2. The highest BCUT2D eigenvalue weighted by molar-refractivity contribution is 5.14. The van der Waals surface area contributed by atoms with Gasteiger partial charge < -0.3 is 0 Å². The molecule has 0 saturated carbocycles. The molecule has 17 heavy (non-hydrogen) atoms. The van der Waals surface area contributed by atoms with Crippen LogP contribution in [0, 0.1) is 0 Å². The number of piperidine rings is 1. The third-order valence-electron chi connectivity index (χ3n) is 3.23. The molecule has 0 aromatic carbocycles. The van der Waals surface area contributed by atoms with Crippen LogP contribution in [0.3, 0.4) is 0 Å². The van der Waals surface area contributed by atoms with Crippen LogP contribution in [-0.4, -0.2) is 29.5 Å². The maximum Gasteiger partial charge on any atom is 0.0386 e. The standard InChI is InChI=1S/C12H17N5/c13-16-15-7-9-17-8-2-1-5-12(17)11-4-3-6-14-10-11/h3-4,6,10,12H,1-2,5,7-9H2/t12-/m0/s1. The fourth-order valence-electron chi connectivity index (χ4n) is 2.43. The number of hydrogen-bond acceptors (Lipinski definition) is 3. The minimum atomic E-state index is 0.436. The normalized spacial score (nSPS) is 20.8. The molecular weight excluding hydrogens is 214 g/mol. The maximum atomic E-state index is 8.31. The van der Waals surface area contributed by atoms with Gasteiger partial charge in [-0.15, -0.1) is 0 Å². The van der Waals surface area contributed by atoms with E-state index in [1.165, 1.54) is 24.8 Å². The van der Waals surface area contributed by atoms with Crippen LogP contribution in [0.25, 0.3) is 10.4 Å². The van der Waals surface area contributed by atoms with Crippen molar-refractivity contribution in [2.45, 2.75) is 25.3 Å². The van der Waals surface area contributed by atoms with Gasteiger partial charge in [-0.3, -0.25) is 9.88 Å². The molecule has 1 aromatic rings. The van der Waals surface area contributed by atoms with E-state index in [-0.39, 0.29) is 0 Å². The third kappa shape index (κ3) is 3.19. The van der Waals surface area contributed by atoms with Crippen LogP contribution >= 0.6 is 0 Å². The lowest BCUT2D eigenvalue weighted by Gasteiger charge is -2.35. The predicted octanol–water partition coefficient (Wildman–Crippen LogP) is 2.92. The highest BCUT2D eigenvalue weighted by Gasteiger charge is 2.23. The number of azide groups is 1. The van der Waals surface area contributed by atoms with Crippen LogP contribution in [0.2, 0.25) is 0 Å². The molecule has 2 heterocycles. The Balaban J connectivity index is 2.04. The zero-order chi connectivity index (χ0) is 11.9. The van der Waals surface area contributed by atoms with Gasteiger partial charge in [0, 0.05) is 36.4 Å². The average molecular weight is 231 g/mol. The zero-order valence-electron chi connectivity index (χ0n) is 9.87. The molecule has 0 aliphatic carbocycles. The van der Waals surface area contributed by atoms with Gasteiger partial charge in [0.05, 0.1) is 0 Å². The molecule has 0 N–H and O–H groups in total. The monoisotopic (exact) mass is 231 g/mol. The Kier molecular flexibility index (Phi) is 4.36. The van der Waals surface area contributed by atoms with Crippen LogP contribution < -0.4 is 0 Å². The zero-order valence-corrected chi connectivity index (χ0v) is 9.87. The number of hydrogen-bond donors (Lipinski definition) is 0. The smallest absolute Gasteiger partial charge is 0.0386 e. The Morgan fingerprint density at radius 2 is 2.47 bits per heavy atom. The summed E-state index contributed by atoms with van der Waals surface area (Å²) in [6.07, 6.45) is 7.40. The fraction of sp³-hybridized carbons (Fsp3) is 0.583. The van der Waals surface area contributed by atoms with Gasteiger partial charge >= 0.3 is 0 Å². The number of nitrogens with zero attached hydrogens (tertiary/aromatic N) is 5. The van der Waals surface area contributed by atoms with Gasteiger partial charge in [-0.2, -0.15) is 0 Å². The van der Waals surface area contributed by atoms with E-state index in [9.17, 15) is 0 Å². The van der Waals surface area contributed by atoms with Crippen molar-refractivity contribution in [2.24, 2.45) is 5.11 Å². The Morgan fingerprint density at radius 3 is 3.24 bits per heavy atom. The lowest BCUT2D eigenvalue weighted by atomic mass is 9.96. The summed E-state index contributed by atoms with van der Waals surface area (Å²) in [6.45, 7) is 2.47. The van der Waals surface area contributed by atoms with E-state index in [1.807, 2.05) is 12.3 Å². The molecule has 1 atom stereocenters. The van der Waals surface area contributed by atoms with Crippen LogP contribution in [0.1, 0.15) is 30.9 Å². The average Bonchev–Trinajstić information content (AvgIpc) is 2.41. The van der Waals surface area contributed by atoms with Crippen molar-refractivity contribution in [3.05, 3.63) is 40.5 Å². The first-order valence-corrected chi connectivity index (χ1v) is 6.06. The largest absolute Gasteiger partial charge is 0.296 e. The van der Waals surface area contributed by atoms with Crippen molar-refractivity contribution >= 4 is 0 Å². The lowest BCUT2D eigenvalue weighted by molar-refractivity contribution is 0.153. The van der Waals surface area contributed by atoms with Crippen molar-refractivity contribution in [3.8, 4) is 0 Å². The molecule has 2 rings (SSSR count). The molecule has 0 unspecified atom stereocenters. The molecule has 1 aromatic heterocycles. The Labute approximate surface area is 101 Å². The van der Waals surface area contributed by atoms with E-state index in [0.717, 1.165) is 13.1 Å². The fourth-order valence-corrected chi connectivity index (χ4v) is 2.43. The van der Waals surface area contributed by atoms with Crippen LogP contribution in [0.4, 0.5) is 0 Å². The molecule has 5 nitrogen and oxygen atoms in total. The second kappa shape index (κ2) is 6.23. The Hall–Kier alpha value is -1.58. The molecule has 0 bridgehead atoms. The van der Waals surface area contributed by atoms with Crippen molar-refractivity contribution < 1.29 is 0 Å². The van der Waals surface area contributed by atoms with Crippen LogP contribution in [0.15, 0.2) is 29.6 Å². The summed E-state index contributed by atoms with van der Waals surface area (Å²) >= 11 is 0. The number of pyridine rings is 1. The molecular formula is C12H17N5. The first-order chi connectivity index (χ1) is 8.42. The topological polar surface area (TPSA) is 64.9 Å². The van der Waals surface area contributed by atoms with E-state index >= 15 is 0 Å². The molecule has 1 aliphatic heterocycles. The van der Waals surface area contributed by atoms with Crippen molar-refractivity contribution in [1.29, 1.82) is 0 Å². The molecule has 1 aliphatic rings. The van der Waals surface area contributed by atoms with Gasteiger partial charge in [0.2, 0.25) is 0 Å². The number of rotatable bonds is 4. The van der Waals surface area contributed by atoms with Crippen LogP contribution in [0.5, 0.6) is 0 Å². The Bertz CT molecular complexity index is 385. The Morgan fingerprint density at radius 1 is 1.53 bits per heavy atom.